The van der Waals surface area contributed by atoms with E-state index in [4.69, 9.17) is 5.73 Å². The number of piperidine rings is 1. The molecule has 1 saturated heterocycles. The molecule has 0 bridgehead atoms. The minimum atomic E-state index is 0.118. The monoisotopic (exact) mass is 286 g/mol. The minimum absolute atomic E-state index is 0.118. The number of anilines is 1. The molecule has 0 radical (unpaired) electrons. The summed E-state index contributed by atoms with van der Waals surface area (Å²) in [4.78, 5) is 14.2. The molecule has 1 heterocycles. The number of nitrogens with two attached hydrogens (primary N) is 1. The van der Waals surface area contributed by atoms with Crippen LogP contribution in [-0.2, 0) is 4.79 Å². The van der Waals surface area contributed by atoms with Gasteiger partial charge in [-0.25, -0.2) is 0 Å². The Morgan fingerprint density at radius 1 is 1.19 bits per heavy atom. The SMILES string of the molecule is CCC1(CC)CCN(C(=O)/C=C/c2ccc(N)cc2)CC1. The van der Waals surface area contributed by atoms with Crippen LogP contribution in [0.15, 0.2) is 30.3 Å². The topological polar surface area (TPSA) is 46.3 Å². The highest BCUT2D eigenvalue weighted by Gasteiger charge is 2.32. The summed E-state index contributed by atoms with van der Waals surface area (Å²) < 4.78 is 0. The fourth-order valence-corrected chi connectivity index (χ4v) is 3.04. The number of amides is 1. The van der Waals surface area contributed by atoms with Crippen LogP contribution < -0.4 is 5.73 Å². The Balaban J connectivity index is 1.91. The van der Waals surface area contributed by atoms with Gasteiger partial charge in [-0.2, -0.15) is 0 Å². The van der Waals surface area contributed by atoms with Crippen LogP contribution in [0.4, 0.5) is 5.69 Å². The van der Waals surface area contributed by atoms with Crippen molar-refractivity contribution >= 4 is 17.7 Å². The van der Waals surface area contributed by atoms with Gasteiger partial charge in [0.2, 0.25) is 5.91 Å². The molecule has 1 amide bonds. The summed E-state index contributed by atoms with van der Waals surface area (Å²) in [5, 5.41) is 0. The average molecular weight is 286 g/mol. The van der Waals surface area contributed by atoms with Crippen molar-refractivity contribution < 1.29 is 4.79 Å². The number of rotatable bonds is 4. The fourth-order valence-electron chi connectivity index (χ4n) is 3.04. The highest BCUT2D eigenvalue weighted by molar-refractivity contribution is 5.91. The van der Waals surface area contributed by atoms with Gasteiger partial charge in [-0.3, -0.25) is 4.79 Å². The number of nitrogen functional groups attached to an aromatic ring is 1. The van der Waals surface area contributed by atoms with Crippen LogP contribution in [0.1, 0.15) is 45.1 Å². The zero-order valence-corrected chi connectivity index (χ0v) is 13.1. The maximum absolute atomic E-state index is 12.2. The largest absolute Gasteiger partial charge is 0.399 e. The van der Waals surface area contributed by atoms with E-state index in [1.165, 1.54) is 12.8 Å². The van der Waals surface area contributed by atoms with E-state index >= 15 is 0 Å². The molecular formula is C18H26N2O. The molecule has 114 valence electrons. The standard InChI is InChI=1S/C18H26N2O/c1-3-18(4-2)11-13-20(14-12-18)17(21)10-7-15-5-8-16(19)9-6-15/h5-10H,3-4,11-14,19H2,1-2H3/b10-7+. The molecule has 1 aliphatic rings. The number of carbonyl (C=O) groups is 1. The van der Waals surface area contributed by atoms with E-state index in [0.29, 0.717) is 5.41 Å². The quantitative estimate of drug-likeness (QED) is 0.677. The molecule has 0 aromatic heterocycles. The number of carbonyl (C=O) groups excluding carboxylic acids is 1. The minimum Gasteiger partial charge on any atom is -0.399 e. The first kappa shape index (κ1) is 15.6. The molecule has 1 aromatic carbocycles. The van der Waals surface area contributed by atoms with Crippen LogP contribution >= 0.6 is 0 Å². The first-order valence-electron chi connectivity index (χ1n) is 7.91. The molecule has 0 unspecified atom stereocenters. The molecule has 1 aromatic rings. The molecule has 3 nitrogen and oxygen atoms in total. The first-order chi connectivity index (χ1) is 10.1. The third-order valence-corrected chi connectivity index (χ3v) is 4.99. The van der Waals surface area contributed by atoms with Crippen LogP contribution in [0.3, 0.4) is 0 Å². The van der Waals surface area contributed by atoms with Crippen molar-refractivity contribution in [1.29, 1.82) is 0 Å². The van der Waals surface area contributed by atoms with Crippen molar-refractivity contribution in [2.24, 2.45) is 5.41 Å². The average Bonchev–Trinajstić information content (AvgIpc) is 2.54. The van der Waals surface area contributed by atoms with Crippen LogP contribution in [0.25, 0.3) is 6.08 Å². The third-order valence-electron chi connectivity index (χ3n) is 4.99. The zero-order valence-electron chi connectivity index (χ0n) is 13.1. The van der Waals surface area contributed by atoms with Gasteiger partial charge < -0.3 is 10.6 Å². The van der Waals surface area contributed by atoms with Gasteiger partial charge >= 0.3 is 0 Å². The zero-order chi connectivity index (χ0) is 15.3. The van der Waals surface area contributed by atoms with Gasteiger partial charge in [-0.15, -0.1) is 0 Å². The number of nitrogens with zero attached hydrogens (tertiary/aromatic N) is 1. The lowest BCUT2D eigenvalue weighted by molar-refractivity contribution is -0.128. The van der Waals surface area contributed by atoms with Crippen LogP contribution in [0.2, 0.25) is 0 Å². The maximum atomic E-state index is 12.2. The van der Waals surface area contributed by atoms with E-state index in [-0.39, 0.29) is 5.91 Å². The Hall–Kier alpha value is -1.77. The Bertz CT molecular complexity index is 490. The van der Waals surface area contributed by atoms with Gasteiger partial charge in [0.15, 0.2) is 0 Å². The van der Waals surface area contributed by atoms with Crippen LogP contribution in [0.5, 0.6) is 0 Å². The Morgan fingerprint density at radius 3 is 2.29 bits per heavy atom. The highest BCUT2D eigenvalue weighted by atomic mass is 16.2. The summed E-state index contributed by atoms with van der Waals surface area (Å²) in [6.45, 7) is 6.29. The maximum Gasteiger partial charge on any atom is 0.246 e. The number of hydrogen-bond donors (Lipinski definition) is 1. The normalized spacial score (nSPS) is 18.1. The summed E-state index contributed by atoms with van der Waals surface area (Å²) in [7, 11) is 0. The third kappa shape index (κ3) is 3.87. The van der Waals surface area contributed by atoms with Crippen LogP contribution in [0, 0.1) is 5.41 Å². The lowest BCUT2D eigenvalue weighted by Crippen LogP contribution is -2.42. The van der Waals surface area contributed by atoms with E-state index in [1.54, 1.807) is 6.08 Å². The van der Waals surface area contributed by atoms with Crippen LogP contribution in [-0.4, -0.2) is 23.9 Å². The summed E-state index contributed by atoms with van der Waals surface area (Å²) in [5.74, 6) is 0.118. The summed E-state index contributed by atoms with van der Waals surface area (Å²) in [6.07, 6.45) is 8.22. The van der Waals surface area contributed by atoms with Crippen molar-refractivity contribution in [3.63, 3.8) is 0 Å². The number of likely N-dealkylation sites (tertiary alicyclic amines) is 1. The predicted octanol–water partition coefficient (Wildman–Crippen LogP) is 3.71. The second kappa shape index (κ2) is 6.79. The summed E-state index contributed by atoms with van der Waals surface area (Å²) in [6, 6.07) is 7.55. The molecule has 0 saturated carbocycles. The lowest BCUT2D eigenvalue weighted by atomic mass is 9.74. The van der Waals surface area contributed by atoms with E-state index in [1.807, 2.05) is 35.2 Å². The van der Waals surface area contributed by atoms with Gasteiger partial charge in [0, 0.05) is 24.9 Å². The van der Waals surface area contributed by atoms with Crippen molar-refractivity contribution in [3.05, 3.63) is 35.9 Å². The molecule has 2 N–H and O–H groups in total. The lowest BCUT2D eigenvalue weighted by Gasteiger charge is -2.40. The summed E-state index contributed by atoms with van der Waals surface area (Å²) >= 11 is 0. The second-order valence-corrected chi connectivity index (χ2v) is 6.03. The smallest absolute Gasteiger partial charge is 0.246 e. The Morgan fingerprint density at radius 2 is 1.76 bits per heavy atom. The second-order valence-electron chi connectivity index (χ2n) is 6.03. The van der Waals surface area contributed by atoms with Crippen molar-refractivity contribution in [3.8, 4) is 0 Å². The molecule has 21 heavy (non-hydrogen) atoms. The fraction of sp³-hybridized carbons (Fsp3) is 0.500. The van der Waals surface area contributed by atoms with E-state index < -0.39 is 0 Å². The Labute approximate surface area is 127 Å². The molecule has 1 aliphatic heterocycles. The van der Waals surface area contributed by atoms with E-state index in [2.05, 4.69) is 13.8 Å². The summed E-state index contributed by atoms with van der Waals surface area (Å²) in [5.41, 5.74) is 7.85. The predicted molar refractivity (Wildman–Crippen MR) is 88.7 cm³/mol. The Kier molecular flexibility index (Phi) is 5.05. The molecule has 0 atom stereocenters. The van der Waals surface area contributed by atoms with Crippen molar-refractivity contribution in [2.75, 3.05) is 18.8 Å². The molecule has 2 rings (SSSR count). The van der Waals surface area contributed by atoms with Gasteiger partial charge in [0.05, 0.1) is 0 Å². The van der Waals surface area contributed by atoms with Gasteiger partial charge in [0.1, 0.15) is 0 Å². The van der Waals surface area contributed by atoms with Gasteiger partial charge in [-0.05, 0) is 42.0 Å². The number of benzene rings is 1. The van der Waals surface area contributed by atoms with Crippen molar-refractivity contribution in [2.45, 2.75) is 39.5 Å². The van der Waals surface area contributed by atoms with Gasteiger partial charge in [-0.1, -0.05) is 38.8 Å². The van der Waals surface area contributed by atoms with E-state index in [9.17, 15) is 4.79 Å². The highest BCUT2D eigenvalue weighted by Crippen LogP contribution is 2.37. The number of hydrogen-bond acceptors (Lipinski definition) is 2. The van der Waals surface area contributed by atoms with E-state index in [0.717, 1.165) is 37.2 Å². The molecule has 0 aliphatic carbocycles. The molecule has 0 spiro atoms. The van der Waals surface area contributed by atoms with Gasteiger partial charge in [0.25, 0.3) is 0 Å². The first-order valence-corrected chi connectivity index (χ1v) is 7.91. The molecular weight excluding hydrogens is 260 g/mol. The molecule has 1 fully saturated rings. The molecule has 3 heteroatoms. The van der Waals surface area contributed by atoms with Crippen molar-refractivity contribution in [1.82, 2.24) is 4.90 Å².